The standard InChI is InChI=1S/C24H20N4O3/c1-24(19-8-4-2-5-9-19,20-10-6-3-7-11-20)26-23(29)18-12-13-21(22(16-18)28(30)31)27-15-14-25-17-27/h2-17H,1H3,(H,26,29). The number of nitrogens with zero attached hydrogens (tertiary/aromatic N) is 3. The van der Waals surface area contributed by atoms with Gasteiger partial charge in [-0.3, -0.25) is 14.9 Å². The molecule has 0 saturated carbocycles. The van der Waals surface area contributed by atoms with Gasteiger partial charge in [-0.05, 0) is 30.2 Å². The number of benzene rings is 3. The van der Waals surface area contributed by atoms with Crippen LogP contribution in [-0.4, -0.2) is 20.4 Å². The van der Waals surface area contributed by atoms with Gasteiger partial charge in [0.1, 0.15) is 5.69 Å². The lowest BCUT2D eigenvalue weighted by atomic mass is 9.84. The Hall–Kier alpha value is -4.26. The zero-order valence-corrected chi connectivity index (χ0v) is 16.8. The van der Waals surface area contributed by atoms with Gasteiger partial charge in [0, 0.05) is 24.0 Å². The van der Waals surface area contributed by atoms with Gasteiger partial charge < -0.3 is 9.88 Å². The van der Waals surface area contributed by atoms with Gasteiger partial charge in [0.2, 0.25) is 0 Å². The summed E-state index contributed by atoms with van der Waals surface area (Å²) in [5.41, 5.74) is 1.35. The molecular formula is C24H20N4O3. The topological polar surface area (TPSA) is 90.1 Å². The van der Waals surface area contributed by atoms with Crippen LogP contribution in [0.3, 0.4) is 0 Å². The van der Waals surface area contributed by atoms with Gasteiger partial charge in [-0.2, -0.15) is 0 Å². The van der Waals surface area contributed by atoms with Crippen LogP contribution in [-0.2, 0) is 5.54 Å². The molecule has 0 fully saturated rings. The number of hydrogen-bond donors (Lipinski definition) is 1. The number of rotatable bonds is 6. The molecule has 1 amide bonds. The van der Waals surface area contributed by atoms with E-state index in [0.717, 1.165) is 11.1 Å². The van der Waals surface area contributed by atoms with Gasteiger partial charge >= 0.3 is 0 Å². The van der Waals surface area contributed by atoms with Crippen LogP contribution in [0.5, 0.6) is 0 Å². The molecule has 4 aromatic rings. The number of imidazole rings is 1. The van der Waals surface area contributed by atoms with Crippen molar-refractivity contribution in [3.8, 4) is 5.69 Å². The van der Waals surface area contributed by atoms with Gasteiger partial charge in [-0.15, -0.1) is 0 Å². The highest BCUT2D eigenvalue weighted by atomic mass is 16.6. The number of amides is 1. The molecule has 0 unspecified atom stereocenters. The van der Waals surface area contributed by atoms with Crippen molar-refractivity contribution in [2.24, 2.45) is 0 Å². The highest BCUT2D eigenvalue weighted by Gasteiger charge is 2.31. The monoisotopic (exact) mass is 412 g/mol. The Morgan fingerprint density at radius 3 is 2.13 bits per heavy atom. The molecule has 1 aromatic heterocycles. The fourth-order valence-electron chi connectivity index (χ4n) is 3.58. The van der Waals surface area contributed by atoms with E-state index in [2.05, 4.69) is 10.3 Å². The second-order valence-corrected chi connectivity index (χ2v) is 7.24. The fraction of sp³-hybridized carbons (Fsp3) is 0.0833. The summed E-state index contributed by atoms with van der Waals surface area (Å²) in [5.74, 6) is -0.407. The molecule has 1 heterocycles. The third-order valence-corrected chi connectivity index (χ3v) is 5.28. The molecule has 4 rings (SSSR count). The van der Waals surface area contributed by atoms with Crippen molar-refractivity contribution in [2.75, 3.05) is 0 Å². The summed E-state index contributed by atoms with van der Waals surface area (Å²) in [4.78, 5) is 28.3. The average molecular weight is 412 g/mol. The van der Waals surface area contributed by atoms with Crippen molar-refractivity contribution in [1.29, 1.82) is 0 Å². The summed E-state index contributed by atoms with van der Waals surface area (Å²) in [7, 11) is 0. The van der Waals surface area contributed by atoms with E-state index < -0.39 is 16.4 Å². The van der Waals surface area contributed by atoms with Crippen molar-refractivity contribution < 1.29 is 9.72 Å². The first-order valence-corrected chi connectivity index (χ1v) is 9.69. The van der Waals surface area contributed by atoms with Gasteiger partial charge in [0.25, 0.3) is 11.6 Å². The number of hydrogen-bond acceptors (Lipinski definition) is 4. The molecule has 0 radical (unpaired) electrons. The molecule has 0 spiro atoms. The molecular weight excluding hydrogens is 392 g/mol. The van der Waals surface area contributed by atoms with Crippen LogP contribution in [0.15, 0.2) is 97.6 Å². The summed E-state index contributed by atoms with van der Waals surface area (Å²) in [6, 6.07) is 23.7. The van der Waals surface area contributed by atoms with Crippen LogP contribution in [0.1, 0.15) is 28.4 Å². The van der Waals surface area contributed by atoms with Crippen molar-refractivity contribution in [3.05, 3.63) is 124 Å². The molecule has 3 aromatic carbocycles. The number of nitrogens with one attached hydrogen (secondary N) is 1. The Morgan fingerprint density at radius 1 is 1.00 bits per heavy atom. The van der Waals surface area contributed by atoms with Crippen LogP contribution >= 0.6 is 0 Å². The SMILES string of the molecule is CC(NC(=O)c1ccc(-n2ccnc2)c([N+](=O)[O-])c1)(c1ccccc1)c1ccccc1. The lowest BCUT2D eigenvalue weighted by Gasteiger charge is -2.32. The van der Waals surface area contributed by atoms with E-state index in [9.17, 15) is 14.9 Å². The maximum Gasteiger partial charge on any atom is 0.294 e. The van der Waals surface area contributed by atoms with Gasteiger partial charge in [-0.1, -0.05) is 60.7 Å². The number of nitro benzene ring substituents is 1. The van der Waals surface area contributed by atoms with E-state index in [1.165, 1.54) is 23.2 Å². The minimum Gasteiger partial charge on any atom is -0.339 e. The molecule has 0 atom stereocenters. The van der Waals surface area contributed by atoms with E-state index in [1.807, 2.05) is 67.6 Å². The molecule has 7 heteroatoms. The minimum absolute atomic E-state index is 0.174. The summed E-state index contributed by atoms with van der Waals surface area (Å²) in [5, 5.41) is 14.7. The maximum absolute atomic E-state index is 13.2. The Labute approximate surface area is 179 Å². The van der Waals surface area contributed by atoms with E-state index >= 15 is 0 Å². The van der Waals surface area contributed by atoms with E-state index in [1.54, 1.807) is 18.3 Å². The largest absolute Gasteiger partial charge is 0.339 e. The van der Waals surface area contributed by atoms with E-state index in [-0.39, 0.29) is 11.3 Å². The Balaban J connectivity index is 1.73. The Bertz CT molecular complexity index is 1170. The zero-order chi connectivity index (χ0) is 21.8. The number of carbonyl (C=O) groups is 1. The molecule has 0 aliphatic rings. The van der Waals surface area contributed by atoms with Crippen LogP contribution in [0.2, 0.25) is 0 Å². The number of aromatic nitrogens is 2. The molecule has 0 aliphatic heterocycles. The predicted octanol–water partition coefficient (Wildman–Crippen LogP) is 4.47. The Morgan fingerprint density at radius 2 is 1.61 bits per heavy atom. The molecule has 154 valence electrons. The zero-order valence-electron chi connectivity index (χ0n) is 16.8. The van der Waals surface area contributed by atoms with Crippen LogP contribution in [0, 0.1) is 10.1 Å². The highest BCUT2D eigenvalue weighted by molar-refractivity contribution is 5.96. The third-order valence-electron chi connectivity index (χ3n) is 5.28. The fourth-order valence-corrected chi connectivity index (χ4v) is 3.58. The Kier molecular flexibility index (Phi) is 5.32. The van der Waals surface area contributed by atoms with Crippen LogP contribution in [0.4, 0.5) is 5.69 Å². The first kappa shape index (κ1) is 20.0. The number of nitro groups is 1. The lowest BCUT2D eigenvalue weighted by molar-refractivity contribution is -0.384. The van der Waals surface area contributed by atoms with Crippen molar-refractivity contribution in [1.82, 2.24) is 14.9 Å². The van der Waals surface area contributed by atoms with Gasteiger partial charge in [0.15, 0.2) is 0 Å². The molecule has 0 bridgehead atoms. The lowest BCUT2D eigenvalue weighted by Crippen LogP contribution is -2.44. The first-order valence-electron chi connectivity index (χ1n) is 9.69. The highest BCUT2D eigenvalue weighted by Crippen LogP contribution is 2.30. The summed E-state index contributed by atoms with van der Waals surface area (Å²) < 4.78 is 1.54. The predicted molar refractivity (Wildman–Crippen MR) is 117 cm³/mol. The van der Waals surface area contributed by atoms with Crippen molar-refractivity contribution in [2.45, 2.75) is 12.5 Å². The normalized spacial score (nSPS) is 11.1. The minimum atomic E-state index is -0.822. The molecule has 7 nitrogen and oxygen atoms in total. The third kappa shape index (κ3) is 3.93. The van der Waals surface area contributed by atoms with Gasteiger partial charge in [0.05, 0.1) is 16.8 Å². The molecule has 31 heavy (non-hydrogen) atoms. The van der Waals surface area contributed by atoms with Crippen LogP contribution < -0.4 is 5.32 Å². The molecule has 1 N–H and O–H groups in total. The second kappa shape index (κ2) is 8.23. The van der Waals surface area contributed by atoms with Gasteiger partial charge in [-0.25, -0.2) is 4.98 Å². The quantitative estimate of drug-likeness (QED) is 0.374. The van der Waals surface area contributed by atoms with E-state index in [0.29, 0.717) is 5.69 Å². The molecule has 0 aliphatic carbocycles. The summed E-state index contributed by atoms with van der Waals surface area (Å²) in [6.07, 6.45) is 4.63. The smallest absolute Gasteiger partial charge is 0.294 e. The van der Waals surface area contributed by atoms with Crippen molar-refractivity contribution >= 4 is 11.6 Å². The second-order valence-electron chi connectivity index (χ2n) is 7.24. The summed E-state index contributed by atoms with van der Waals surface area (Å²) in [6.45, 7) is 1.92. The molecule has 0 saturated heterocycles. The first-order chi connectivity index (χ1) is 15.0. The summed E-state index contributed by atoms with van der Waals surface area (Å²) >= 11 is 0. The van der Waals surface area contributed by atoms with Crippen LogP contribution in [0.25, 0.3) is 5.69 Å². The maximum atomic E-state index is 13.2. The van der Waals surface area contributed by atoms with E-state index in [4.69, 9.17) is 0 Å². The number of carbonyl (C=O) groups excluding carboxylic acids is 1. The van der Waals surface area contributed by atoms with Crippen molar-refractivity contribution in [3.63, 3.8) is 0 Å². The average Bonchev–Trinajstić information content (AvgIpc) is 3.34.